The van der Waals surface area contributed by atoms with Gasteiger partial charge < -0.3 is 14.6 Å². The monoisotopic (exact) mass is 268 g/mol. The minimum atomic E-state index is -0.707. The Bertz CT molecular complexity index is 484. The number of hydrogen-bond acceptors (Lipinski definition) is 6. The molecule has 8 nitrogen and oxygen atoms in total. The molecule has 1 aromatic heterocycles. The summed E-state index contributed by atoms with van der Waals surface area (Å²) in [6, 6.07) is 1.85. The van der Waals surface area contributed by atoms with E-state index < -0.39 is 11.7 Å². The van der Waals surface area contributed by atoms with Crippen molar-refractivity contribution < 1.29 is 19.4 Å². The summed E-state index contributed by atoms with van der Waals surface area (Å²) in [5.74, 6) is 0.104. The molecule has 8 heteroatoms. The number of anilines is 1. The molecule has 0 spiro atoms. The van der Waals surface area contributed by atoms with E-state index in [9.17, 15) is 4.79 Å². The molecule has 0 radical (unpaired) electrons. The minimum Gasteiger partial charge on any atom is -0.473 e. The number of nitriles is 1. The number of amides is 1. The maximum absolute atomic E-state index is 11.5. The van der Waals surface area contributed by atoms with Crippen LogP contribution in [0.15, 0.2) is 0 Å². The van der Waals surface area contributed by atoms with Crippen molar-refractivity contribution in [2.75, 3.05) is 18.5 Å². The minimum absolute atomic E-state index is 0.00537. The molecule has 0 aliphatic heterocycles. The first-order valence-electron chi connectivity index (χ1n) is 5.59. The molecule has 19 heavy (non-hydrogen) atoms. The van der Waals surface area contributed by atoms with Crippen LogP contribution in [-0.4, -0.2) is 40.2 Å². The lowest BCUT2D eigenvalue weighted by molar-refractivity contribution is 0.0635. The standard InChI is InChI=1S/C11H16N4O4/c1-11(2,3)19-10(17)13-8-7(6-12)9(15-14-8)18-5-4-16/h16H,4-5H2,1-3H3,(H2,13,14,15,17). The first-order chi connectivity index (χ1) is 8.87. The molecule has 0 bridgehead atoms. The molecule has 0 aliphatic rings. The van der Waals surface area contributed by atoms with Gasteiger partial charge in [-0.25, -0.2) is 4.79 Å². The number of ether oxygens (including phenoxy) is 2. The van der Waals surface area contributed by atoms with Crippen LogP contribution in [-0.2, 0) is 4.74 Å². The number of aromatic amines is 1. The Morgan fingerprint density at radius 1 is 1.58 bits per heavy atom. The summed E-state index contributed by atoms with van der Waals surface area (Å²) in [6.07, 6.45) is -0.707. The highest BCUT2D eigenvalue weighted by Gasteiger charge is 2.20. The van der Waals surface area contributed by atoms with Crippen LogP contribution in [0.25, 0.3) is 0 Å². The van der Waals surface area contributed by atoms with Gasteiger partial charge in [-0.3, -0.25) is 10.4 Å². The molecule has 0 saturated carbocycles. The Hall–Kier alpha value is -2.27. The third-order valence-corrected chi connectivity index (χ3v) is 1.80. The molecule has 0 aromatic carbocycles. The Labute approximate surface area is 110 Å². The van der Waals surface area contributed by atoms with Crippen LogP contribution in [0.4, 0.5) is 10.6 Å². The number of aliphatic hydroxyl groups excluding tert-OH is 1. The van der Waals surface area contributed by atoms with E-state index in [1.165, 1.54) is 0 Å². The predicted octanol–water partition coefficient (Wildman–Crippen LogP) is 0.999. The van der Waals surface area contributed by atoms with Gasteiger partial charge in [-0.1, -0.05) is 0 Å². The van der Waals surface area contributed by atoms with Gasteiger partial charge >= 0.3 is 6.09 Å². The largest absolute Gasteiger partial charge is 0.473 e. The van der Waals surface area contributed by atoms with E-state index in [0.717, 1.165) is 0 Å². The third-order valence-electron chi connectivity index (χ3n) is 1.80. The number of carbonyl (C=O) groups is 1. The summed E-state index contributed by atoms with van der Waals surface area (Å²) in [5.41, 5.74) is -0.605. The molecule has 3 N–H and O–H groups in total. The molecule has 0 atom stereocenters. The van der Waals surface area contributed by atoms with Gasteiger partial charge in [0.1, 0.15) is 18.3 Å². The van der Waals surface area contributed by atoms with Gasteiger partial charge in [0.15, 0.2) is 11.4 Å². The molecule has 1 aromatic rings. The van der Waals surface area contributed by atoms with Crippen LogP contribution in [0.5, 0.6) is 5.88 Å². The Kier molecular flexibility index (Phi) is 4.72. The first-order valence-corrected chi connectivity index (χ1v) is 5.59. The van der Waals surface area contributed by atoms with E-state index in [-0.39, 0.29) is 30.5 Å². The van der Waals surface area contributed by atoms with E-state index in [4.69, 9.17) is 19.8 Å². The smallest absolute Gasteiger partial charge is 0.413 e. The molecular formula is C11H16N4O4. The zero-order valence-electron chi connectivity index (χ0n) is 11.0. The molecule has 1 heterocycles. The van der Waals surface area contributed by atoms with Gasteiger partial charge in [0.25, 0.3) is 5.88 Å². The summed E-state index contributed by atoms with van der Waals surface area (Å²) in [4.78, 5) is 11.5. The first kappa shape index (κ1) is 14.8. The van der Waals surface area contributed by atoms with Crippen molar-refractivity contribution in [3.63, 3.8) is 0 Å². The van der Waals surface area contributed by atoms with Crippen LogP contribution in [0, 0.1) is 11.3 Å². The number of nitrogens with zero attached hydrogens (tertiary/aromatic N) is 2. The normalized spacial score (nSPS) is 10.7. The number of aliphatic hydroxyl groups is 1. The molecule has 1 amide bonds. The van der Waals surface area contributed by atoms with Crippen molar-refractivity contribution in [3.8, 4) is 11.9 Å². The average molecular weight is 268 g/mol. The van der Waals surface area contributed by atoms with Gasteiger partial charge in [-0.15, -0.1) is 5.10 Å². The second kappa shape index (κ2) is 6.06. The Morgan fingerprint density at radius 3 is 2.79 bits per heavy atom. The SMILES string of the molecule is CC(C)(C)OC(=O)Nc1[nH]nc(OCCO)c1C#N. The summed E-state index contributed by atoms with van der Waals surface area (Å²) in [6.45, 7) is 4.97. The second-order valence-electron chi connectivity index (χ2n) is 4.59. The van der Waals surface area contributed by atoms with Crippen molar-refractivity contribution in [2.45, 2.75) is 26.4 Å². The van der Waals surface area contributed by atoms with Crippen LogP contribution in [0.1, 0.15) is 26.3 Å². The lowest BCUT2D eigenvalue weighted by Crippen LogP contribution is -2.27. The highest BCUT2D eigenvalue weighted by molar-refractivity contribution is 5.85. The predicted molar refractivity (Wildman–Crippen MR) is 65.7 cm³/mol. The number of rotatable bonds is 4. The fraction of sp³-hybridized carbons (Fsp3) is 0.545. The van der Waals surface area contributed by atoms with Crippen molar-refractivity contribution in [3.05, 3.63) is 5.56 Å². The maximum Gasteiger partial charge on any atom is 0.413 e. The van der Waals surface area contributed by atoms with Crippen LogP contribution >= 0.6 is 0 Å². The third kappa shape index (κ3) is 4.48. The maximum atomic E-state index is 11.5. The highest BCUT2D eigenvalue weighted by Crippen LogP contribution is 2.22. The fourth-order valence-corrected chi connectivity index (χ4v) is 1.17. The van der Waals surface area contributed by atoms with Crippen LogP contribution < -0.4 is 10.1 Å². The number of nitrogens with one attached hydrogen (secondary N) is 2. The highest BCUT2D eigenvalue weighted by atomic mass is 16.6. The van der Waals surface area contributed by atoms with Gasteiger partial charge in [-0.2, -0.15) is 5.26 Å². The Morgan fingerprint density at radius 2 is 2.26 bits per heavy atom. The quantitative estimate of drug-likeness (QED) is 0.749. The van der Waals surface area contributed by atoms with Crippen molar-refractivity contribution in [2.24, 2.45) is 0 Å². The van der Waals surface area contributed by atoms with Crippen molar-refractivity contribution in [1.82, 2.24) is 10.2 Å². The fourth-order valence-electron chi connectivity index (χ4n) is 1.17. The Balaban J connectivity index is 2.77. The van der Waals surface area contributed by atoms with Crippen LogP contribution in [0.2, 0.25) is 0 Å². The number of aromatic nitrogens is 2. The zero-order chi connectivity index (χ0) is 14.5. The molecule has 1 rings (SSSR count). The lowest BCUT2D eigenvalue weighted by Gasteiger charge is -2.19. The summed E-state index contributed by atoms with van der Waals surface area (Å²) < 4.78 is 10.1. The van der Waals surface area contributed by atoms with Gasteiger partial charge in [-0.05, 0) is 20.8 Å². The van der Waals surface area contributed by atoms with E-state index in [1.54, 1.807) is 20.8 Å². The lowest BCUT2D eigenvalue weighted by atomic mass is 10.2. The number of hydrogen-bond donors (Lipinski definition) is 3. The van der Waals surface area contributed by atoms with Gasteiger partial charge in [0.05, 0.1) is 6.61 Å². The second-order valence-corrected chi connectivity index (χ2v) is 4.59. The average Bonchev–Trinajstić information content (AvgIpc) is 2.65. The molecule has 0 aliphatic carbocycles. The van der Waals surface area contributed by atoms with E-state index >= 15 is 0 Å². The number of H-pyrrole nitrogens is 1. The molecular weight excluding hydrogens is 252 g/mol. The van der Waals surface area contributed by atoms with E-state index in [0.29, 0.717) is 0 Å². The topological polar surface area (TPSA) is 120 Å². The summed E-state index contributed by atoms with van der Waals surface area (Å²) in [5, 5.41) is 26.2. The van der Waals surface area contributed by atoms with Crippen LogP contribution in [0.3, 0.4) is 0 Å². The molecule has 0 saturated heterocycles. The van der Waals surface area contributed by atoms with Crippen molar-refractivity contribution >= 4 is 11.9 Å². The van der Waals surface area contributed by atoms with Crippen molar-refractivity contribution in [1.29, 1.82) is 5.26 Å². The zero-order valence-corrected chi connectivity index (χ0v) is 11.0. The molecule has 0 unspecified atom stereocenters. The van der Waals surface area contributed by atoms with E-state index in [2.05, 4.69) is 15.5 Å². The summed E-state index contributed by atoms with van der Waals surface area (Å²) >= 11 is 0. The van der Waals surface area contributed by atoms with Gasteiger partial charge in [0, 0.05) is 0 Å². The number of carbonyl (C=O) groups excluding carboxylic acids is 1. The summed E-state index contributed by atoms with van der Waals surface area (Å²) in [7, 11) is 0. The molecule has 0 fully saturated rings. The van der Waals surface area contributed by atoms with Gasteiger partial charge in [0.2, 0.25) is 0 Å². The van der Waals surface area contributed by atoms with E-state index in [1.807, 2.05) is 6.07 Å². The molecule has 104 valence electrons.